The summed E-state index contributed by atoms with van der Waals surface area (Å²) in [4.78, 5) is 13.8. The van der Waals surface area contributed by atoms with Crippen molar-refractivity contribution >= 4 is 5.91 Å². The van der Waals surface area contributed by atoms with Crippen LogP contribution in [0.1, 0.15) is 22.7 Å². The van der Waals surface area contributed by atoms with Crippen molar-refractivity contribution in [2.45, 2.75) is 19.5 Å². The summed E-state index contributed by atoms with van der Waals surface area (Å²) < 4.78 is 23.8. The molecule has 2 N–H and O–H groups in total. The Kier molecular flexibility index (Phi) is 5.98. The lowest BCUT2D eigenvalue weighted by Gasteiger charge is -2.27. The zero-order valence-corrected chi connectivity index (χ0v) is 14.9. The van der Waals surface area contributed by atoms with E-state index in [9.17, 15) is 9.18 Å². The summed E-state index contributed by atoms with van der Waals surface area (Å²) in [6.45, 7) is 2.43. The van der Waals surface area contributed by atoms with E-state index in [-0.39, 0.29) is 5.82 Å². The van der Waals surface area contributed by atoms with Gasteiger partial charge in [0, 0.05) is 6.54 Å². The minimum atomic E-state index is -0.659. The topological polar surface area (TPSA) is 64.8 Å². The van der Waals surface area contributed by atoms with Crippen molar-refractivity contribution < 1.29 is 18.7 Å². The van der Waals surface area contributed by atoms with Gasteiger partial charge in [-0.3, -0.25) is 9.69 Å². The van der Waals surface area contributed by atoms with Gasteiger partial charge in [0.25, 0.3) is 0 Å². The summed E-state index contributed by atoms with van der Waals surface area (Å²) in [5.74, 6) is 0.419. The molecule has 0 aromatic heterocycles. The number of carbonyl (C=O) groups excluding carboxylic acids is 1. The second kappa shape index (κ2) is 7.98. The molecule has 6 heteroatoms. The third-order valence-corrected chi connectivity index (χ3v) is 4.16. The fourth-order valence-corrected chi connectivity index (χ4v) is 2.83. The lowest BCUT2D eigenvalue weighted by atomic mass is 10.0. The predicted molar refractivity (Wildman–Crippen MR) is 94.1 cm³/mol. The maximum absolute atomic E-state index is 13.2. The maximum Gasteiger partial charge on any atom is 0.239 e. The number of halogens is 1. The van der Waals surface area contributed by atoms with E-state index in [0.29, 0.717) is 23.6 Å². The summed E-state index contributed by atoms with van der Waals surface area (Å²) in [5.41, 5.74) is 8.22. The number of amides is 1. The van der Waals surface area contributed by atoms with Crippen molar-refractivity contribution in [3.63, 3.8) is 0 Å². The van der Waals surface area contributed by atoms with Crippen LogP contribution in [0.2, 0.25) is 0 Å². The molecule has 2 rings (SSSR count). The van der Waals surface area contributed by atoms with E-state index < -0.39 is 11.9 Å². The molecule has 0 bridgehead atoms. The number of hydrogen-bond acceptors (Lipinski definition) is 4. The highest BCUT2D eigenvalue weighted by Gasteiger charge is 2.24. The molecule has 0 aliphatic carbocycles. The number of likely N-dealkylation sites (N-methyl/N-ethyl adjacent to an activating group) is 1. The molecule has 1 amide bonds. The first-order chi connectivity index (χ1) is 11.9. The minimum absolute atomic E-state index is 0.356. The summed E-state index contributed by atoms with van der Waals surface area (Å²) in [5, 5.41) is 0. The van der Waals surface area contributed by atoms with E-state index in [0.717, 1.165) is 11.1 Å². The minimum Gasteiger partial charge on any atom is -0.493 e. The van der Waals surface area contributed by atoms with Crippen LogP contribution >= 0.6 is 0 Å². The van der Waals surface area contributed by atoms with Crippen LogP contribution in [-0.2, 0) is 11.3 Å². The number of carbonyl (C=O) groups is 1. The molecule has 0 fully saturated rings. The molecule has 0 spiro atoms. The number of methoxy groups -OCH3 is 2. The molecule has 0 saturated heterocycles. The zero-order chi connectivity index (χ0) is 18.6. The Hall–Kier alpha value is -2.60. The smallest absolute Gasteiger partial charge is 0.239 e. The van der Waals surface area contributed by atoms with Gasteiger partial charge in [0.05, 0.1) is 14.2 Å². The highest BCUT2D eigenvalue weighted by atomic mass is 19.1. The van der Waals surface area contributed by atoms with E-state index in [4.69, 9.17) is 15.2 Å². The van der Waals surface area contributed by atoms with E-state index in [1.807, 2.05) is 24.0 Å². The van der Waals surface area contributed by atoms with Gasteiger partial charge in [-0.05, 0) is 54.9 Å². The SMILES string of the molecule is COc1cc(C)c(CN(C)[C@H](C(N)=O)c2ccc(F)cc2)cc1OC. The van der Waals surface area contributed by atoms with Crippen LogP contribution in [0, 0.1) is 12.7 Å². The number of hydrogen-bond donors (Lipinski definition) is 1. The number of ether oxygens (including phenoxy) is 2. The van der Waals surface area contributed by atoms with Crippen LogP contribution in [0.25, 0.3) is 0 Å². The van der Waals surface area contributed by atoms with E-state index in [2.05, 4.69) is 0 Å². The second-order valence-corrected chi connectivity index (χ2v) is 5.91. The summed E-state index contributed by atoms with van der Waals surface area (Å²) in [7, 11) is 4.96. The third kappa shape index (κ3) is 4.28. The average molecular weight is 346 g/mol. The van der Waals surface area contributed by atoms with Gasteiger partial charge in [0.1, 0.15) is 11.9 Å². The normalized spacial score (nSPS) is 12.1. The quantitative estimate of drug-likeness (QED) is 0.837. The van der Waals surface area contributed by atoms with Crippen LogP contribution < -0.4 is 15.2 Å². The number of benzene rings is 2. The zero-order valence-electron chi connectivity index (χ0n) is 14.9. The first-order valence-electron chi connectivity index (χ1n) is 7.84. The van der Waals surface area contributed by atoms with E-state index in [1.165, 1.54) is 12.1 Å². The van der Waals surface area contributed by atoms with Crippen LogP contribution in [0.4, 0.5) is 4.39 Å². The van der Waals surface area contributed by atoms with Gasteiger partial charge in [0.15, 0.2) is 11.5 Å². The summed E-state index contributed by atoms with van der Waals surface area (Å²) in [6, 6.07) is 8.90. The molecule has 0 heterocycles. The number of nitrogens with zero attached hydrogens (tertiary/aromatic N) is 1. The summed E-state index contributed by atoms with van der Waals surface area (Å²) >= 11 is 0. The monoisotopic (exact) mass is 346 g/mol. The van der Waals surface area contributed by atoms with Gasteiger partial charge in [-0.2, -0.15) is 0 Å². The lowest BCUT2D eigenvalue weighted by molar-refractivity contribution is -0.123. The third-order valence-electron chi connectivity index (χ3n) is 4.16. The molecular weight excluding hydrogens is 323 g/mol. The van der Waals surface area contributed by atoms with Crippen LogP contribution in [0.3, 0.4) is 0 Å². The Morgan fingerprint density at radius 3 is 2.24 bits per heavy atom. The van der Waals surface area contributed by atoms with Crippen molar-refractivity contribution in [3.05, 3.63) is 58.9 Å². The largest absolute Gasteiger partial charge is 0.493 e. The molecule has 0 aliphatic rings. The van der Waals surface area contributed by atoms with Gasteiger partial charge < -0.3 is 15.2 Å². The van der Waals surface area contributed by atoms with Gasteiger partial charge in [0.2, 0.25) is 5.91 Å². The molecule has 0 saturated carbocycles. The average Bonchev–Trinajstić information content (AvgIpc) is 2.57. The second-order valence-electron chi connectivity index (χ2n) is 5.91. The van der Waals surface area contributed by atoms with Gasteiger partial charge in [-0.15, -0.1) is 0 Å². The Bertz CT molecular complexity index is 747. The van der Waals surface area contributed by atoms with Crippen molar-refractivity contribution in [2.75, 3.05) is 21.3 Å². The Morgan fingerprint density at radius 2 is 1.72 bits per heavy atom. The Labute approximate surface area is 147 Å². The first kappa shape index (κ1) is 18.7. The van der Waals surface area contributed by atoms with Crippen LogP contribution in [0.5, 0.6) is 11.5 Å². The molecule has 0 aliphatic heterocycles. The van der Waals surface area contributed by atoms with Gasteiger partial charge >= 0.3 is 0 Å². The van der Waals surface area contributed by atoms with E-state index in [1.54, 1.807) is 33.4 Å². The number of rotatable bonds is 7. The number of aryl methyl sites for hydroxylation is 1. The molecule has 2 aromatic rings. The van der Waals surface area contributed by atoms with Gasteiger partial charge in [-0.25, -0.2) is 4.39 Å². The number of primary amides is 1. The molecule has 25 heavy (non-hydrogen) atoms. The van der Waals surface area contributed by atoms with Gasteiger partial charge in [-0.1, -0.05) is 12.1 Å². The fourth-order valence-electron chi connectivity index (χ4n) is 2.83. The molecule has 1 atom stereocenters. The predicted octanol–water partition coefficient (Wildman–Crippen LogP) is 2.81. The van der Waals surface area contributed by atoms with Crippen molar-refractivity contribution in [1.82, 2.24) is 4.90 Å². The molecule has 134 valence electrons. The van der Waals surface area contributed by atoms with Crippen molar-refractivity contribution in [3.8, 4) is 11.5 Å². The van der Waals surface area contributed by atoms with Crippen LogP contribution in [-0.4, -0.2) is 32.1 Å². The fraction of sp³-hybridized carbons (Fsp3) is 0.316. The highest BCUT2D eigenvalue weighted by Crippen LogP contribution is 2.32. The van der Waals surface area contributed by atoms with E-state index >= 15 is 0 Å². The molecule has 0 unspecified atom stereocenters. The molecule has 0 radical (unpaired) electrons. The first-order valence-corrected chi connectivity index (χ1v) is 7.84. The highest BCUT2D eigenvalue weighted by molar-refractivity contribution is 5.81. The maximum atomic E-state index is 13.2. The molecular formula is C19H23FN2O3. The van der Waals surface area contributed by atoms with Crippen molar-refractivity contribution in [1.29, 1.82) is 0 Å². The van der Waals surface area contributed by atoms with Crippen molar-refractivity contribution in [2.24, 2.45) is 5.73 Å². The number of nitrogens with two attached hydrogens (primary N) is 1. The lowest BCUT2D eigenvalue weighted by Crippen LogP contribution is -2.35. The van der Waals surface area contributed by atoms with Crippen LogP contribution in [0.15, 0.2) is 36.4 Å². The Balaban J connectivity index is 2.31. The molecule has 5 nitrogen and oxygen atoms in total. The Morgan fingerprint density at radius 1 is 1.16 bits per heavy atom. The standard InChI is InChI=1S/C19H23FN2O3/c1-12-9-16(24-3)17(25-4)10-14(12)11-22(2)18(19(21)23)13-5-7-15(20)8-6-13/h5-10,18H,11H2,1-4H3,(H2,21,23)/t18-/m0/s1. The molecule has 2 aromatic carbocycles. The summed E-state index contributed by atoms with van der Waals surface area (Å²) in [6.07, 6.45) is 0.